The minimum Gasteiger partial charge on any atom is -0.446 e. The van der Waals surface area contributed by atoms with Crippen molar-refractivity contribution >= 4 is 72.3 Å². The summed E-state index contributed by atoms with van der Waals surface area (Å²) in [6, 6.07) is 19.8. The predicted octanol–water partition coefficient (Wildman–Crippen LogP) is 9.03. The monoisotopic (exact) mass is 766 g/mol. The van der Waals surface area contributed by atoms with E-state index in [9.17, 15) is 23.1 Å². The zero-order valence-electron chi connectivity index (χ0n) is 21.9. The third-order valence-corrected chi connectivity index (χ3v) is 8.27. The molecule has 0 spiro atoms. The molecule has 224 valence electrons. The number of aliphatic hydroxyl groups is 1. The van der Waals surface area contributed by atoms with Crippen LogP contribution in [0.15, 0.2) is 94.1 Å². The second-order valence-electron chi connectivity index (χ2n) is 9.62. The topological polar surface area (TPSA) is 81.1 Å². The number of nitrogens with zero attached hydrogens (tertiary/aromatic N) is 4. The van der Waals surface area contributed by atoms with Crippen LogP contribution in [-0.4, -0.2) is 36.0 Å². The smallest absolute Gasteiger partial charge is 0.446 e. The lowest BCUT2D eigenvalue weighted by Gasteiger charge is -2.25. The van der Waals surface area contributed by atoms with Gasteiger partial charge < -0.3 is 14.2 Å². The summed E-state index contributed by atoms with van der Waals surface area (Å²) < 4.78 is 50.7. The molecule has 0 radical (unpaired) electrons. The lowest BCUT2D eigenvalue weighted by atomic mass is 9.98. The first-order valence-corrected chi connectivity index (χ1v) is 15.1. The molecule has 0 amide bonds. The third kappa shape index (κ3) is 5.84. The number of ether oxygens (including phenoxy) is 1. The van der Waals surface area contributed by atoms with Gasteiger partial charge in [-0.15, -0.1) is 0 Å². The van der Waals surface area contributed by atoms with Gasteiger partial charge in [0.25, 0.3) is 0 Å². The fourth-order valence-corrected chi connectivity index (χ4v) is 5.75. The SMILES string of the molecule is O=C(OC(c1c(-c2ccc(Br)cc2)nc2ccc(Br)cn12)C(O)c1c(-c2ccc(Cl)cc2)nc2cc(Cl)ccn12)C(F)(F)F. The van der Waals surface area contributed by atoms with Crippen LogP contribution in [0.1, 0.15) is 23.6 Å². The Kier molecular flexibility index (Phi) is 8.22. The maximum Gasteiger partial charge on any atom is 0.490 e. The molecule has 4 aromatic heterocycles. The first-order valence-electron chi connectivity index (χ1n) is 12.7. The number of pyridine rings is 2. The van der Waals surface area contributed by atoms with Crippen LogP contribution < -0.4 is 0 Å². The second kappa shape index (κ2) is 11.8. The molecular formula is C30H17Br2Cl2F3N4O3. The van der Waals surface area contributed by atoms with Gasteiger partial charge in [-0.2, -0.15) is 13.2 Å². The normalized spacial score (nSPS) is 13.4. The molecule has 2 unspecified atom stereocenters. The molecule has 0 saturated heterocycles. The summed E-state index contributed by atoms with van der Waals surface area (Å²) in [5, 5.41) is 12.9. The summed E-state index contributed by atoms with van der Waals surface area (Å²) in [5.41, 5.74) is 2.09. The number of halogens is 7. The summed E-state index contributed by atoms with van der Waals surface area (Å²) in [4.78, 5) is 21.8. The summed E-state index contributed by atoms with van der Waals surface area (Å²) in [5.74, 6) is -2.49. The van der Waals surface area contributed by atoms with Crippen LogP contribution in [0.3, 0.4) is 0 Å². The number of carbonyl (C=O) groups is 1. The van der Waals surface area contributed by atoms with E-state index in [1.165, 1.54) is 27.1 Å². The highest BCUT2D eigenvalue weighted by atomic mass is 79.9. The number of imidazole rings is 2. The number of benzene rings is 2. The molecule has 0 bridgehead atoms. The fourth-order valence-electron chi connectivity index (χ4n) is 4.87. The Morgan fingerprint density at radius 3 is 2.05 bits per heavy atom. The molecule has 0 aliphatic heterocycles. The van der Waals surface area contributed by atoms with Gasteiger partial charge in [0.05, 0.1) is 22.8 Å². The van der Waals surface area contributed by atoms with E-state index in [4.69, 9.17) is 27.9 Å². The van der Waals surface area contributed by atoms with E-state index < -0.39 is 24.4 Å². The Morgan fingerprint density at radius 2 is 1.39 bits per heavy atom. The molecule has 2 atom stereocenters. The van der Waals surface area contributed by atoms with Gasteiger partial charge in [0, 0.05) is 48.6 Å². The maximum atomic E-state index is 13.7. The molecule has 6 aromatic rings. The zero-order valence-corrected chi connectivity index (χ0v) is 26.6. The van der Waals surface area contributed by atoms with Gasteiger partial charge in [-0.3, -0.25) is 4.40 Å². The number of alkyl halides is 3. The van der Waals surface area contributed by atoms with E-state index in [-0.39, 0.29) is 22.8 Å². The number of aromatic nitrogens is 4. The number of esters is 1. The number of hydrogen-bond donors (Lipinski definition) is 1. The minimum absolute atomic E-state index is 0.000285. The highest BCUT2D eigenvalue weighted by molar-refractivity contribution is 9.10. The highest BCUT2D eigenvalue weighted by Gasteiger charge is 2.46. The molecule has 44 heavy (non-hydrogen) atoms. The predicted molar refractivity (Wildman–Crippen MR) is 167 cm³/mol. The van der Waals surface area contributed by atoms with E-state index in [1.54, 1.807) is 66.9 Å². The average molecular weight is 769 g/mol. The van der Waals surface area contributed by atoms with E-state index in [0.29, 0.717) is 36.9 Å². The molecular weight excluding hydrogens is 752 g/mol. The van der Waals surface area contributed by atoms with Gasteiger partial charge in [0.2, 0.25) is 0 Å². The lowest BCUT2D eigenvalue weighted by Crippen LogP contribution is -2.30. The summed E-state index contributed by atoms with van der Waals surface area (Å²) in [6.07, 6.45) is -6.09. The highest BCUT2D eigenvalue weighted by Crippen LogP contribution is 2.43. The van der Waals surface area contributed by atoms with Gasteiger partial charge in [0.1, 0.15) is 17.4 Å². The number of aliphatic hydroxyl groups excluding tert-OH is 1. The van der Waals surface area contributed by atoms with Gasteiger partial charge in [-0.25, -0.2) is 14.8 Å². The number of carbonyl (C=O) groups excluding carboxylic acids is 1. The van der Waals surface area contributed by atoms with E-state index in [2.05, 4.69) is 41.8 Å². The van der Waals surface area contributed by atoms with Crippen molar-refractivity contribution < 1.29 is 27.8 Å². The van der Waals surface area contributed by atoms with Gasteiger partial charge >= 0.3 is 12.1 Å². The molecule has 0 aliphatic carbocycles. The Balaban J connectivity index is 1.64. The van der Waals surface area contributed by atoms with E-state index in [0.717, 1.165) is 4.47 Å². The van der Waals surface area contributed by atoms with Crippen LogP contribution >= 0.6 is 55.1 Å². The van der Waals surface area contributed by atoms with Crippen LogP contribution in [0, 0.1) is 0 Å². The minimum atomic E-state index is -5.36. The Labute approximate surface area is 274 Å². The van der Waals surface area contributed by atoms with E-state index in [1.807, 2.05) is 0 Å². The molecule has 0 fully saturated rings. The maximum absolute atomic E-state index is 13.7. The van der Waals surface area contributed by atoms with Crippen LogP contribution in [0.2, 0.25) is 10.0 Å². The van der Waals surface area contributed by atoms with Crippen LogP contribution in [-0.2, 0) is 9.53 Å². The third-order valence-electron chi connectivity index (χ3n) is 6.78. The van der Waals surface area contributed by atoms with Gasteiger partial charge in [-0.1, -0.05) is 63.4 Å². The first kappa shape index (κ1) is 30.6. The van der Waals surface area contributed by atoms with Crippen molar-refractivity contribution in [2.45, 2.75) is 18.4 Å². The standard InChI is InChI=1S/C30H17Br2Cl2F3N4O3/c31-17-5-1-15(2-6-17)24-26(41-14-18(32)7-10-21(41)38-24)28(44-29(43)30(35,36)37)27(42)25-23(16-3-8-19(33)9-4-16)39-22-13-20(34)11-12-40(22)25/h1-14,27-28,42H. The average Bonchev–Trinajstić information content (AvgIpc) is 3.53. The second-order valence-corrected chi connectivity index (χ2v) is 12.3. The lowest BCUT2D eigenvalue weighted by molar-refractivity contribution is -0.210. The van der Waals surface area contributed by atoms with Crippen molar-refractivity contribution in [1.29, 1.82) is 0 Å². The van der Waals surface area contributed by atoms with Crippen molar-refractivity contribution in [3.05, 3.63) is 116 Å². The Bertz CT molecular complexity index is 2030. The molecule has 1 N–H and O–H groups in total. The van der Waals surface area contributed by atoms with Crippen molar-refractivity contribution in [2.75, 3.05) is 0 Å². The van der Waals surface area contributed by atoms with E-state index >= 15 is 0 Å². The van der Waals surface area contributed by atoms with Gasteiger partial charge in [-0.05, 0) is 58.4 Å². The Hall–Kier alpha value is -3.42. The molecule has 7 nitrogen and oxygen atoms in total. The Morgan fingerprint density at radius 1 is 0.795 bits per heavy atom. The molecule has 6 rings (SSSR count). The fraction of sp³-hybridized carbons (Fsp3) is 0.100. The van der Waals surface area contributed by atoms with Crippen molar-refractivity contribution in [3.63, 3.8) is 0 Å². The zero-order chi connectivity index (χ0) is 31.3. The first-order chi connectivity index (χ1) is 20.9. The number of fused-ring (bicyclic) bond motifs is 2. The van der Waals surface area contributed by atoms with Crippen molar-refractivity contribution in [3.8, 4) is 22.5 Å². The van der Waals surface area contributed by atoms with Crippen molar-refractivity contribution in [2.24, 2.45) is 0 Å². The summed E-state index contributed by atoms with van der Waals surface area (Å²) in [6.45, 7) is 0. The number of rotatable bonds is 6. The van der Waals surface area contributed by atoms with Crippen LogP contribution in [0.4, 0.5) is 13.2 Å². The quantitative estimate of drug-likeness (QED) is 0.171. The molecule has 0 aliphatic rings. The molecule has 2 aromatic carbocycles. The molecule has 14 heteroatoms. The van der Waals surface area contributed by atoms with Crippen LogP contribution in [0.5, 0.6) is 0 Å². The molecule has 4 heterocycles. The largest absolute Gasteiger partial charge is 0.490 e. The van der Waals surface area contributed by atoms with Crippen molar-refractivity contribution in [1.82, 2.24) is 18.8 Å². The molecule has 0 saturated carbocycles. The van der Waals surface area contributed by atoms with Crippen LogP contribution in [0.25, 0.3) is 33.8 Å². The summed E-state index contributed by atoms with van der Waals surface area (Å²) in [7, 11) is 0. The number of hydrogen-bond acceptors (Lipinski definition) is 5. The van der Waals surface area contributed by atoms with Gasteiger partial charge in [0.15, 0.2) is 6.10 Å². The summed E-state index contributed by atoms with van der Waals surface area (Å²) >= 11 is 19.1.